The van der Waals surface area contributed by atoms with E-state index in [1.165, 1.54) is 13.2 Å². The van der Waals surface area contributed by atoms with Crippen molar-refractivity contribution in [3.8, 4) is 17.2 Å². The van der Waals surface area contributed by atoms with Gasteiger partial charge in [-0.25, -0.2) is 8.42 Å². The van der Waals surface area contributed by atoms with E-state index in [0.717, 1.165) is 6.26 Å². The lowest BCUT2D eigenvalue weighted by Crippen LogP contribution is -2.10. The zero-order valence-electron chi connectivity index (χ0n) is 11.5. The summed E-state index contributed by atoms with van der Waals surface area (Å²) in [5, 5.41) is 0.429. The quantitative estimate of drug-likeness (QED) is 0.912. The molecule has 0 saturated heterocycles. The van der Waals surface area contributed by atoms with Crippen LogP contribution in [-0.4, -0.2) is 21.8 Å². The predicted molar refractivity (Wildman–Crippen MR) is 83.0 cm³/mol. The molecule has 0 fully saturated rings. The first-order valence-corrected chi connectivity index (χ1v) is 8.24. The van der Waals surface area contributed by atoms with Gasteiger partial charge in [0, 0.05) is 6.07 Å². The molecular weight excluding hydrogens is 314 g/mol. The summed E-state index contributed by atoms with van der Waals surface area (Å²) in [6, 6.07) is 11.7. The summed E-state index contributed by atoms with van der Waals surface area (Å²) in [6.45, 7) is 0. The minimum Gasteiger partial charge on any atom is -0.497 e. The van der Waals surface area contributed by atoms with Gasteiger partial charge in [0.2, 0.25) is 10.0 Å². The molecule has 0 aliphatic heterocycles. The molecule has 0 unspecified atom stereocenters. The van der Waals surface area contributed by atoms with Crippen LogP contribution in [0.1, 0.15) is 0 Å². The van der Waals surface area contributed by atoms with Gasteiger partial charge in [-0.2, -0.15) is 0 Å². The fourth-order valence-electron chi connectivity index (χ4n) is 1.65. The van der Waals surface area contributed by atoms with Gasteiger partial charge in [0.25, 0.3) is 0 Å². The van der Waals surface area contributed by atoms with Crippen LogP contribution in [0.4, 0.5) is 5.69 Å². The maximum atomic E-state index is 11.4. The Balaban J connectivity index is 2.40. The van der Waals surface area contributed by atoms with Crippen LogP contribution in [0.2, 0.25) is 5.02 Å². The van der Waals surface area contributed by atoms with Crippen LogP contribution < -0.4 is 14.2 Å². The molecule has 2 aromatic carbocycles. The van der Waals surface area contributed by atoms with Gasteiger partial charge in [-0.1, -0.05) is 23.7 Å². The Bertz CT molecular complexity index is 746. The third-order valence-electron chi connectivity index (χ3n) is 2.54. The van der Waals surface area contributed by atoms with Crippen molar-refractivity contribution < 1.29 is 17.9 Å². The molecule has 0 saturated carbocycles. The molecule has 0 spiro atoms. The number of sulfonamides is 1. The third-order valence-corrected chi connectivity index (χ3v) is 3.44. The van der Waals surface area contributed by atoms with Gasteiger partial charge in [-0.05, 0) is 24.3 Å². The normalized spacial score (nSPS) is 11.0. The lowest BCUT2D eigenvalue weighted by molar-refractivity contribution is 0.413. The molecule has 7 heteroatoms. The van der Waals surface area contributed by atoms with Crippen molar-refractivity contribution >= 4 is 27.3 Å². The van der Waals surface area contributed by atoms with Crippen molar-refractivity contribution in [3.63, 3.8) is 0 Å². The van der Waals surface area contributed by atoms with Crippen LogP contribution in [0.5, 0.6) is 17.2 Å². The molecule has 112 valence electrons. The van der Waals surface area contributed by atoms with Crippen LogP contribution in [0.15, 0.2) is 42.5 Å². The highest BCUT2D eigenvalue weighted by Gasteiger charge is 2.12. The average molecular weight is 328 g/mol. The summed E-state index contributed by atoms with van der Waals surface area (Å²) in [5.74, 6) is 1.27. The summed E-state index contributed by atoms with van der Waals surface area (Å²) >= 11 is 6.03. The Labute approximate surface area is 128 Å². The molecule has 5 nitrogen and oxygen atoms in total. The van der Waals surface area contributed by atoms with E-state index >= 15 is 0 Å². The zero-order valence-corrected chi connectivity index (χ0v) is 13.0. The maximum Gasteiger partial charge on any atom is 0.229 e. The number of halogens is 1. The maximum absolute atomic E-state index is 11.4. The molecule has 0 aliphatic rings. The van der Waals surface area contributed by atoms with Crippen molar-refractivity contribution in [2.24, 2.45) is 0 Å². The Kier molecular flexibility index (Phi) is 4.59. The SMILES string of the molecule is COc1ccc(Oc2ccccc2Cl)c(NS(C)(=O)=O)c1. The van der Waals surface area contributed by atoms with Crippen molar-refractivity contribution in [2.45, 2.75) is 0 Å². The first kappa shape index (κ1) is 15.5. The van der Waals surface area contributed by atoms with Crippen molar-refractivity contribution in [1.82, 2.24) is 0 Å². The number of anilines is 1. The van der Waals surface area contributed by atoms with E-state index in [-0.39, 0.29) is 5.69 Å². The number of methoxy groups -OCH3 is 1. The third kappa shape index (κ3) is 4.27. The summed E-state index contributed by atoms with van der Waals surface area (Å²) in [5.41, 5.74) is 0.275. The Morgan fingerprint density at radius 1 is 1.10 bits per heavy atom. The van der Waals surface area contributed by atoms with E-state index in [4.69, 9.17) is 21.1 Å². The lowest BCUT2D eigenvalue weighted by atomic mass is 10.2. The topological polar surface area (TPSA) is 64.6 Å². The Morgan fingerprint density at radius 2 is 1.81 bits per heavy atom. The molecule has 0 aliphatic carbocycles. The van der Waals surface area contributed by atoms with Gasteiger partial charge in [0.05, 0.1) is 24.1 Å². The monoisotopic (exact) mass is 327 g/mol. The first-order valence-electron chi connectivity index (χ1n) is 5.97. The molecule has 0 atom stereocenters. The molecule has 1 N–H and O–H groups in total. The molecule has 0 bridgehead atoms. The van der Waals surface area contributed by atoms with E-state index in [1.54, 1.807) is 36.4 Å². The lowest BCUT2D eigenvalue weighted by Gasteiger charge is -2.14. The van der Waals surface area contributed by atoms with Crippen LogP contribution in [0.25, 0.3) is 0 Å². The van der Waals surface area contributed by atoms with E-state index in [2.05, 4.69) is 4.72 Å². The number of ether oxygens (including phenoxy) is 2. The second-order valence-corrected chi connectivity index (χ2v) is 6.42. The smallest absolute Gasteiger partial charge is 0.229 e. The minimum atomic E-state index is -3.45. The molecule has 0 heterocycles. The van der Waals surface area contributed by atoms with Crippen LogP contribution in [0.3, 0.4) is 0 Å². The number of benzene rings is 2. The van der Waals surface area contributed by atoms with Gasteiger partial charge >= 0.3 is 0 Å². The van der Waals surface area contributed by atoms with Gasteiger partial charge < -0.3 is 9.47 Å². The fraction of sp³-hybridized carbons (Fsp3) is 0.143. The number of hydrogen-bond donors (Lipinski definition) is 1. The molecular formula is C14H14ClNO4S. The summed E-state index contributed by atoms with van der Waals surface area (Å²) in [4.78, 5) is 0. The first-order chi connectivity index (χ1) is 9.89. The summed E-state index contributed by atoms with van der Waals surface area (Å²) < 4.78 is 36.0. The summed E-state index contributed by atoms with van der Waals surface area (Å²) in [6.07, 6.45) is 1.06. The number of rotatable bonds is 5. The Hall–Kier alpha value is -1.92. The number of para-hydroxylation sites is 1. The molecule has 21 heavy (non-hydrogen) atoms. The van der Waals surface area contributed by atoms with Gasteiger partial charge in [0.1, 0.15) is 11.5 Å². The Morgan fingerprint density at radius 3 is 2.43 bits per heavy atom. The second-order valence-electron chi connectivity index (χ2n) is 4.27. The van der Waals surface area contributed by atoms with E-state index in [1.807, 2.05) is 0 Å². The highest BCUT2D eigenvalue weighted by atomic mass is 35.5. The largest absolute Gasteiger partial charge is 0.497 e. The standard InChI is InChI=1S/C14H14ClNO4S/c1-19-10-7-8-14(12(9-10)16-21(2,17)18)20-13-6-4-3-5-11(13)15/h3-9,16H,1-2H3. The van der Waals surface area contributed by atoms with Gasteiger partial charge in [0.15, 0.2) is 5.75 Å². The van der Waals surface area contributed by atoms with Crippen molar-refractivity contribution in [2.75, 3.05) is 18.1 Å². The van der Waals surface area contributed by atoms with E-state index in [9.17, 15) is 8.42 Å². The molecule has 0 amide bonds. The van der Waals surface area contributed by atoms with Crippen molar-refractivity contribution in [1.29, 1.82) is 0 Å². The van der Waals surface area contributed by atoms with Crippen LogP contribution >= 0.6 is 11.6 Å². The average Bonchev–Trinajstić information content (AvgIpc) is 2.41. The fourth-order valence-corrected chi connectivity index (χ4v) is 2.38. The number of hydrogen-bond acceptors (Lipinski definition) is 4. The molecule has 0 aromatic heterocycles. The van der Waals surface area contributed by atoms with E-state index in [0.29, 0.717) is 22.3 Å². The minimum absolute atomic E-state index is 0.275. The van der Waals surface area contributed by atoms with Gasteiger partial charge in [-0.15, -0.1) is 0 Å². The molecule has 2 rings (SSSR count). The van der Waals surface area contributed by atoms with Crippen LogP contribution in [0, 0.1) is 0 Å². The predicted octanol–water partition coefficient (Wildman–Crippen LogP) is 3.51. The zero-order chi connectivity index (χ0) is 15.5. The molecule has 0 radical (unpaired) electrons. The van der Waals surface area contributed by atoms with Crippen molar-refractivity contribution in [3.05, 3.63) is 47.5 Å². The number of nitrogens with one attached hydrogen (secondary N) is 1. The highest BCUT2D eigenvalue weighted by molar-refractivity contribution is 7.92. The van der Waals surface area contributed by atoms with Gasteiger partial charge in [-0.3, -0.25) is 4.72 Å². The highest BCUT2D eigenvalue weighted by Crippen LogP contribution is 2.36. The van der Waals surface area contributed by atoms with E-state index < -0.39 is 10.0 Å². The second kappa shape index (κ2) is 6.24. The molecule has 2 aromatic rings. The summed E-state index contributed by atoms with van der Waals surface area (Å²) in [7, 11) is -1.95. The van der Waals surface area contributed by atoms with Crippen LogP contribution in [-0.2, 0) is 10.0 Å².